The fourth-order valence-electron chi connectivity index (χ4n) is 1.60. The molecule has 1 saturated heterocycles. The van der Waals surface area contributed by atoms with Crippen molar-refractivity contribution in [2.45, 2.75) is 33.2 Å². The number of nitrogens with zero attached hydrogens (tertiary/aromatic N) is 1. The maximum absolute atomic E-state index is 5.90. The summed E-state index contributed by atoms with van der Waals surface area (Å²) in [5, 5.41) is 0. The molecule has 1 fully saturated rings. The summed E-state index contributed by atoms with van der Waals surface area (Å²) in [4.78, 5) is 2.46. The molecule has 0 saturated carbocycles. The Morgan fingerprint density at radius 1 is 1.43 bits per heavy atom. The summed E-state index contributed by atoms with van der Waals surface area (Å²) >= 11 is 5.90. The maximum atomic E-state index is 5.90. The van der Waals surface area contributed by atoms with Crippen LogP contribution in [-0.2, 0) is 4.74 Å². The van der Waals surface area contributed by atoms with Gasteiger partial charge in [-0.1, -0.05) is 20.8 Å². The summed E-state index contributed by atoms with van der Waals surface area (Å²) < 4.78 is 5.41. The van der Waals surface area contributed by atoms with Crippen LogP contribution in [0.2, 0.25) is 0 Å². The van der Waals surface area contributed by atoms with Gasteiger partial charge in [-0.05, 0) is 18.4 Å². The van der Waals surface area contributed by atoms with Crippen molar-refractivity contribution in [3.05, 3.63) is 0 Å². The van der Waals surface area contributed by atoms with E-state index >= 15 is 0 Å². The Kier molecular flexibility index (Phi) is 4.68. The quantitative estimate of drug-likeness (QED) is 0.676. The van der Waals surface area contributed by atoms with Gasteiger partial charge in [-0.15, -0.1) is 11.6 Å². The molecule has 0 N–H and O–H groups in total. The van der Waals surface area contributed by atoms with E-state index in [0.717, 1.165) is 26.3 Å². The Hall–Kier alpha value is 0.210. The number of alkyl halides is 1. The zero-order valence-electron chi connectivity index (χ0n) is 9.55. The van der Waals surface area contributed by atoms with Crippen molar-refractivity contribution in [3.63, 3.8) is 0 Å². The molecule has 0 aliphatic carbocycles. The van der Waals surface area contributed by atoms with E-state index in [4.69, 9.17) is 16.3 Å². The highest BCUT2D eigenvalue weighted by Gasteiger charge is 2.23. The molecule has 0 aromatic heterocycles. The van der Waals surface area contributed by atoms with Gasteiger partial charge in [0.15, 0.2) is 0 Å². The molecule has 84 valence electrons. The number of hydrogen-bond acceptors (Lipinski definition) is 2. The maximum Gasteiger partial charge on any atom is 0.0634 e. The fourth-order valence-corrected chi connectivity index (χ4v) is 1.89. The average molecular weight is 220 g/mol. The molecule has 2 nitrogen and oxygen atoms in total. The third-order valence-corrected chi connectivity index (χ3v) is 3.03. The van der Waals surface area contributed by atoms with E-state index in [9.17, 15) is 0 Å². The number of morpholine rings is 1. The Balaban J connectivity index is 2.33. The van der Waals surface area contributed by atoms with E-state index in [-0.39, 0.29) is 0 Å². The average Bonchev–Trinajstić information content (AvgIpc) is 2.14. The first-order chi connectivity index (χ1) is 6.53. The Morgan fingerprint density at radius 3 is 2.71 bits per heavy atom. The Bertz CT molecular complexity index is 167. The van der Waals surface area contributed by atoms with Crippen LogP contribution >= 0.6 is 11.6 Å². The smallest absolute Gasteiger partial charge is 0.0634 e. The molecule has 0 aromatic carbocycles. The monoisotopic (exact) mass is 219 g/mol. The van der Waals surface area contributed by atoms with E-state index in [1.54, 1.807) is 0 Å². The van der Waals surface area contributed by atoms with Crippen molar-refractivity contribution in [2.75, 3.05) is 32.2 Å². The zero-order chi connectivity index (χ0) is 10.6. The first-order valence-electron chi connectivity index (χ1n) is 5.41. The van der Waals surface area contributed by atoms with Crippen LogP contribution in [0.1, 0.15) is 27.2 Å². The largest absolute Gasteiger partial charge is 0.378 e. The summed E-state index contributed by atoms with van der Waals surface area (Å²) in [6, 6.07) is 0.424. The van der Waals surface area contributed by atoms with Crippen LogP contribution < -0.4 is 0 Å². The first kappa shape index (κ1) is 12.3. The van der Waals surface area contributed by atoms with Gasteiger partial charge in [-0.3, -0.25) is 4.90 Å². The van der Waals surface area contributed by atoms with Gasteiger partial charge in [0.2, 0.25) is 0 Å². The predicted octanol–water partition coefficient (Wildman–Crippen LogP) is 2.36. The third-order valence-electron chi connectivity index (χ3n) is 2.68. The molecule has 1 heterocycles. The lowest BCUT2D eigenvalue weighted by atomic mass is 9.92. The molecule has 0 bridgehead atoms. The van der Waals surface area contributed by atoms with Crippen LogP contribution in [0.5, 0.6) is 0 Å². The highest BCUT2D eigenvalue weighted by molar-refractivity contribution is 6.18. The minimum absolute atomic E-state index is 0.412. The first-order valence-corrected chi connectivity index (χ1v) is 5.94. The Morgan fingerprint density at radius 2 is 2.14 bits per heavy atom. The van der Waals surface area contributed by atoms with Gasteiger partial charge in [-0.2, -0.15) is 0 Å². The minimum atomic E-state index is 0.412. The summed E-state index contributed by atoms with van der Waals surface area (Å²) in [5.41, 5.74) is 0.412. The highest BCUT2D eigenvalue weighted by Crippen LogP contribution is 2.20. The van der Waals surface area contributed by atoms with Crippen molar-refractivity contribution >= 4 is 11.6 Å². The van der Waals surface area contributed by atoms with Crippen molar-refractivity contribution in [3.8, 4) is 0 Å². The fraction of sp³-hybridized carbons (Fsp3) is 1.00. The molecular weight excluding hydrogens is 198 g/mol. The van der Waals surface area contributed by atoms with E-state index in [2.05, 4.69) is 25.7 Å². The minimum Gasteiger partial charge on any atom is -0.378 e. The summed E-state index contributed by atoms with van der Waals surface area (Å²) in [6.07, 6.45) is 1.22. The van der Waals surface area contributed by atoms with Gasteiger partial charge in [-0.25, -0.2) is 0 Å². The molecule has 1 aliphatic rings. The van der Waals surface area contributed by atoms with Crippen LogP contribution in [0.3, 0.4) is 0 Å². The van der Waals surface area contributed by atoms with Crippen molar-refractivity contribution in [1.29, 1.82) is 0 Å². The number of ether oxygens (including phenoxy) is 1. The zero-order valence-corrected chi connectivity index (χ0v) is 10.3. The summed E-state index contributed by atoms with van der Waals surface area (Å²) in [5.74, 6) is 0.685. The topological polar surface area (TPSA) is 12.5 Å². The Labute approximate surface area is 92.6 Å². The van der Waals surface area contributed by atoms with Gasteiger partial charge >= 0.3 is 0 Å². The molecule has 1 unspecified atom stereocenters. The second-order valence-corrected chi connectivity index (χ2v) is 5.54. The number of rotatable bonds is 3. The van der Waals surface area contributed by atoms with Crippen molar-refractivity contribution in [2.24, 2.45) is 5.41 Å². The molecule has 1 atom stereocenters. The van der Waals surface area contributed by atoms with Crippen molar-refractivity contribution < 1.29 is 4.74 Å². The third kappa shape index (κ3) is 4.16. The van der Waals surface area contributed by atoms with Crippen molar-refractivity contribution in [1.82, 2.24) is 4.90 Å². The number of halogens is 1. The van der Waals surface area contributed by atoms with Gasteiger partial charge in [0.05, 0.1) is 13.2 Å². The molecular formula is C11H22ClNO. The van der Waals surface area contributed by atoms with Gasteiger partial charge in [0.1, 0.15) is 0 Å². The molecule has 3 heteroatoms. The molecule has 0 amide bonds. The van der Waals surface area contributed by atoms with E-state index in [0.29, 0.717) is 17.3 Å². The van der Waals surface area contributed by atoms with Gasteiger partial charge < -0.3 is 4.74 Å². The predicted molar refractivity (Wildman–Crippen MR) is 61.0 cm³/mol. The van der Waals surface area contributed by atoms with Crippen LogP contribution in [0.4, 0.5) is 0 Å². The molecule has 0 radical (unpaired) electrons. The SMILES string of the molecule is CC(C)(C)CCN1CCOCC1CCl. The van der Waals surface area contributed by atoms with Gasteiger partial charge in [0.25, 0.3) is 0 Å². The second kappa shape index (κ2) is 5.34. The lowest BCUT2D eigenvalue weighted by Gasteiger charge is -2.36. The van der Waals surface area contributed by atoms with E-state index in [1.165, 1.54) is 6.42 Å². The molecule has 0 aromatic rings. The standard InChI is InChI=1S/C11H22ClNO/c1-11(2,3)4-5-13-6-7-14-9-10(13)8-12/h10H,4-9H2,1-3H3. The van der Waals surface area contributed by atoms with E-state index in [1.807, 2.05) is 0 Å². The molecule has 1 rings (SSSR count). The highest BCUT2D eigenvalue weighted by atomic mass is 35.5. The second-order valence-electron chi connectivity index (χ2n) is 5.23. The van der Waals surface area contributed by atoms with E-state index < -0.39 is 0 Å². The normalized spacial score (nSPS) is 25.3. The van der Waals surface area contributed by atoms with Gasteiger partial charge in [0, 0.05) is 18.5 Å². The summed E-state index contributed by atoms with van der Waals surface area (Å²) in [6.45, 7) is 10.7. The molecule has 14 heavy (non-hydrogen) atoms. The lowest BCUT2D eigenvalue weighted by molar-refractivity contribution is -0.00300. The summed E-state index contributed by atoms with van der Waals surface area (Å²) in [7, 11) is 0. The lowest BCUT2D eigenvalue weighted by Crippen LogP contribution is -2.47. The molecule has 0 spiro atoms. The van der Waals surface area contributed by atoms with Crippen LogP contribution in [0.25, 0.3) is 0 Å². The van der Waals surface area contributed by atoms with Crippen LogP contribution in [-0.4, -0.2) is 43.1 Å². The van der Waals surface area contributed by atoms with Crippen LogP contribution in [0.15, 0.2) is 0 Å². The van der Waals surface area contributed by atoms with Crippen LogP contribution in [0, 0.1) is 5.41 Å². The number of hydrogen-bond donors (Lipinski definition) is 0. The molecule has 1 aliphatic heterocycles.